The van der Waals surface area contributed by atoms with Crippen LogP contribution in [0.25, 0.3) is 0 Å². The van der Waals surface area contributed by atoms with Gasteiger partial charge in [-0.3, -0.25) is 9.59 Å². The Kier molecular flexibility index (Phi) is 6.39. The molecule has 29 heavy (non-hydrogen) atoms. The Morgan fingerprint density at radius 2 is 2.00 bits per heavy atom. The molecule has 160 valence electrons. The highest BCUT2D eigenvalue weighted by molar-refractivity contribution is 6.29. The fourth-order valence-electron chi connectivity index (χ4n) is 3.70. The maximum absolute atomic E-state index is 12.7. The van der Waals surface area contributed by atoms with Crippen molar-refractivity contribution >= 4 is 29.3 Å². The smallest absolute Gasteiger partial charge is 0.306 e. The molecule has 0 aromatic carbocycles. The molecule has 7 nitrogen and oxygen atoms in total. The summed E-state index contributed by atoms with van der Waals surface area (Å²) in [5, 5.41) is 3.26. The standard InChI is InChI=1S/C21H30ClN3O4/c1-20(2,3)29-18(26)10-21(6-5-7-21)13-23-19(27)14-8-16(22)24-17(9-14)25-11-15(12-25)28-4/h8-9,15H,5-7,10-13H2,1-4H3,(H,23,27). The molecule has 1 aliphatic carbocycles. The zero-order valence-corrected chi connectivity index (χ0v) is 18.3. The largest absolute Gasteiger partial charge is 0.460 e. The fraction of sp³-hybridized carbons (Fsp3) is 0.667. The number of ether oxygens (including phenoxy) is 2. The van der Waals surface area contributed by atoms with Crippen LogP contribution in [-0.2, 0) is 14.3 Å². The minimum atomic E-state index is -0.506. The lowest BCUT2D eigenvalue weighted by atomic mass is 9.66. The highest BCUT2D eigenvalue weighted by Gasteiger charge is 2.40. The van der Waals surface area contributed by atoms with E-state index in [1.807, 2.05) is 25.7 Å². The third-order valence-corrected chi connectivity index (χ3v) is 5.72. The number of amides is 1. The zero-order valence-electron chi connectivity index (χ0n) is 17.6. The number of carbonyl (C=O) groups is 2. The molecule has 1 aromatic rings. The van der Waals surface area contributed by atoms with Crippen molar-refractivity contribution in [3.8, 4) is 0 Å². The fourth-order valence-corrected chi connectivity index (χ4v) is 3.90. The second-order valence-corrected chi connectivity index (χ2v) is 9.49. The number of esters is 1. The number of halogens is 1. The summed E-state index contributed by atoms with van der Waals surface area (Å²) in [4.78, 5) is 31.3. The summed E-state index contributed by atoms with van der Waals surface area (Å²) in [6.45, 7) is 7.47. The molecule has 1 aliphatic heterocycles. The van der Waals surface area contributed by atoms with Gasteiger partial charge in [-0.05, 0) is 51.2 Å². The zero-order chi connectivity index (χ0) is 21.2. The van der Waals surface area contributed by atoms with E-state index in [2.05, 4.69) is 10.3 Å². The molecule has 0 radical (unpaired) electrons. The van der Waals surface area contributed by atoms with Crippen LogP contribution in [0.3, 0.4) is 0 Å². The van der Waals surface area contributed by atoms with Crippen molar-refractivity contribution in [3.05, 3.63) is 22.8 Å². The van der Waals surface area contributed by atoms with Gasteiger partial charge in [-0.25, -0.2) is 4.98 Å². The van der Waals surface area contributed by atoms with Gasteiger partial charge in [0.25, 0.3) is 5.91 Å². The summed E-state index contributed by atoms with van der Waals surface area (Å²) in [7, 11) is 1.68. The quantitative estimate of drug-likeness (QED) is 0.535. The van der Waals surface area contributed by atoms with Crippen LogP contribution in [-0.4, -0.2) is 55.3 Å². The van der Waals surface area contributed by atoms with Gasteiger partial charge in [0.15, 0.2) is 0 Å². The van der Waals surface area contributed by atoms with Crippen molar-refractivity contribution in [1.82, 2.24) is 10.3 Å². The van der Waals surface area contributed by atoms with Crippen LogP contribution in [0.1, 0.15) is 56.8 Å². The monoisotopic (exact) mass is 423 g/mol. The molecule has 0 atom stereocenters. The van der Waals surface area contributed by atoms with Gasteiger partial charge in [0.1, 0.15) is 16.6 Å². The van der Waals surface area contributed by atoms with Gasteiger partial charge in [0.05, 0.1) is 12.5 Å². The predicted octanol–water partition coefficient (Wildman–Crippen LogP) is 3.20. The third-order valence-electron chi connectivity index (χ3n) is 5.53. The first-order chi connectivity index (χ1) is 13.6. The Balaban J connectivity index is 1.60. The third kappa shape index (κ3) is 5.60. The molecule has 2 fully saturated rings. The van der Waals surface area contributed by atoms with Gasteiger partial charge in [-0.2, -0.15) is 0 Å². The molecule has 0 bridgehead atoms. The Morgan fingerprint density at radius 3 is 2.55 bits per heavy atom. The van der Waals surface area contributed by atoms with Gasteiger partial charge in [-0.15, -0.1) is 0 Å². The molecule has 2 aliphatic rings. The van der Waals surface area contributed by atoms with Crippen LogP contribution in [0.15, 0.2) is 12.1 Å². The summed E-state index contributed by atoms with van der Waals surface area (Å²) in [5.41, 5.74) is -0.262. The molecule has 8 heteroatoms. The molecule has 0 spiro atoms. The number of rotatable bonds is 7. The van der Waals surface area contributed by atoms with E-state index >= 15 is 0 Å². The lowest BCUT2D eigenvalue weighted by Crippen LogP contribution is -2.52. The van der Waals surface area contributed by atoms with Crippen molar-refractivity contribution in [1.29, 1.82) is 0 Å². The molecule has 1 N–H and O–H groups in total. The number of nitrogens with zero attached hydrogens (tertiary/aromatic N) is 2. The maximum atomic E-state index is 12.7. The van der Waals surface area contributed by atoms with E-state index in [1.165, 1.54) is 0 Å². The maximum Gasteiger partial charge on any atom is 0.306 e. The van der Waals surface area contributed by atoms with Gasteiger partial charge in [0.2, 0.25) is 0 Å². The minimum Gasteiger partial charge on any atom is -0.460 e. The van der Waals surface area contributed by atoms with E-state index in [-0.39, 0.29) is 28.5 Å². The molecular formula is C21H30ClN3O4. The Labute approximate surface area is 177 Å². The average Bonchev–Trinajstić information content (AvgIpc) is 2.53. The summed E-state index contributed by atoms with van der Waals surface area (Å²) in [6.07, 6.45) is 3.36. The van der Waals surface area contributed by atoms with Crippen LogP contribution in [0.2, 0.25) is 5.15 Å². The number of nitrogens with one attached hydrogen (secondary N) is 1. The van der Waals surface area contributed by atoms with Gasteiger partial charge < -0.3 is 19.7 Å². The van der Waals surface area contributed by atoms with Crippen molar-refractivity contribution < 1.29 is 19.1 Å². The Morgan fingerprint density at radius 1 is 1.31 bits per heavy atom. The number of anilines is 1. The van der Waals surface area contributed by atoms with Crippen molar-refractivity contribution in [2.24, 2.45) is 5.41 Å². The molecule has 1 saturated carbocycles. The summed E-state index contributed by atoms with van der Waals surface area (Å²) >= 11 is 6.14. The molecule has 3 rings (SSSR count). The molecule has 1 aromatic heterocycles. The molecule has 0 unspecified atom stereocenters. The van der Waals surface area contributed by atoms with Crippen LogP contribution >= 0.6 is 11.6 Å². The number of hydrogen-bond donors (Lipinski definition) is 1. The highest BCUT2D eigenvalue weighted by Crippen LogP contribution is 2.44. The number of hydrogen-bond acceptors (Lipinski definition) is 6. The summed E-state index contributed by atoms with van der Waals surface area (Å²) in [5.74, 6) is 0.240. The number of carbonyl (C=O) groups excluding carboxylic acids is 2. The SMILES string of the molecule is COC1CN(c2cc(C(=O)NCC3(CC(=O)OC(C)(C)C)CCC3)cc(Cl)n2)C1. The van der Waals surface area contributed by atoms with Crippen molar-refractivity contribution in [2.75, 3.05) is 31.6 Å². The molecular weight excluding hydrogens is 394 g/mol. The van der Waals surface area contributed by atoms with E-state index in [1.54, 1.807) is 19.2 Å². The van der Waals surface area contributed by atoms with Gasteiger partial charge in [0, 0.05) is 32.3 Å². The van der Waals surface area contributed by atoms with E-state index in [9.17, 15) is 9.59 Å². The summed E-state index contributed by atoms with van der Waals surface area (Å²) < 4.78 is 10.7. The van der Waals surface area contributed by atoms with E-state index in [4.69, 9.17) is 21.1 Å². The number of pyridine rings is 1. The first-order valence-corrected chi connectivity index (χ1v) is 10.4. The first kappa shape index (κ1) is 21.8. The van der Waals surface area contributed by atoms with Crippen molar-refractivity contribution in [3.63, 3.8) is 0 Å². The predicted molar refractivity (Wildman–Crippen MR) is 111 cm³/mol. The Hall–Kier alpha value is -1.86. The molecule has 1 amide bonds. The van der Waals surface area contributed by atoms with Gasteiger partial charge in [-0.1, -0.05) is 18.0 Å². The van der Waals surface area contributed by atoms with Crippen LogP contribution < -0.4 is 10.2 Å². The number of methoxy groups -OCH3 is 1. The number of aromatic nitrogens is 1. The first-order valence-electron chi connectivity index (χ1n) is 10.0. The molecule has 2 heterocycles. The lowest BCUT2D eigenvalue weighted by Gasteiger charge is -2.41. The highest BCUT2D eigenvalue weighted by atomic mass is 35.5. The van der Waals surface area contributed by atoms with Crippen LogP contribution in [0.5, 0.6) is 0 Å². The van der Waals surface area contributed by atoms with Crippen molar-refractivity contribution in [2.45, 2.75) is 58.2 Å². The topological polar surface area (TPSA) is 80.8 Å². The lowest BCUT2D eigenvalue weighted by molar-refractivity contribution is -0.159. The second kappa shape index (κ2) is 8.48. The van der Waals surface area contributed by atoms with Crippen LogP contribution in [0, 0.1) is 5.41 Å². The Bertz CT molecular complexity index is 768. The normalized spacial score (nSPS) is 18.6. The van der Waals surface area contributed by atoms with E-state index < -0.39 is 5.60 Å². The molecule has 1 saturated heterocycles. The van der Waals surface area contributed by atoms with E-state index in [0.717, 1.165) is 32.4 Å². The van der Waals surface area contributed by atoms with E-state index in [0.29, 0.717) is 24.3 Å². The minimum absolute atomic E-state index is 0.180. The van der Waals surface area contributed by atoms with Gasteiger partial charge >= 0.3 is 5.97 Å². The summed E-state index contributed by atoms with van der Waals surface area (Å²) in [6, 6.07) is 3.31. The second-order valence-electron chi connectivity index (χ2n) is 9.10. The van der Waals surface area contributed by atoms with Crippen LogP contribution in [0.4, 0.5) is 5.82 Å². The average molecular weight is 424 g/mol.